The van der Waals surface area contributed by atoms with Crippen LogP contribution in [0.25, 0.3) is 17.0 Å². The number of nitrogens with zero attached hydrogens (tertiary/aromatic N) is 6. The summed E-state index contributed by atoms with van der Waals surface area (Å²) in [5.74, 6) is 2.41. The van der Waals surface area contributed by atoms with Gasteiger partial charge in [0.05, 0.1) is 20.5 Å². The molecular formula is C23H22N8O6S. The van der Waals surface area contributed by atoms with E-state index in [9.17, 15) is 8.42 Å². The monoisotopic (exact) mass is 538 g/mol. The fourth-order valence-corrected chi connectivity index (χ4v) is 4.10. The summed E-state index contributed by atoms with van der Waals surface area (Å²) >= 11 is 0. The van der Waals surface area contributed by atoms with Crippen LogP contribution in [0.2, 0.25) is 0 Å². The molecule has 2 aromatic carbocycles. The summed E-state index contributed by atoms with van der Waals surface area (Å²) in [5.41, 5.74) is 1.55. The maximum atomic E-state index is 11.6. The number of hydrogen-bond donors (Lipinski definition) is 2. The second-order valence-electron chi connectivity index (χ2n) is 8.01. The number of nitrogens with one attached hydrogen (secondary N) is 2. The van der Waals surface area contributed by atoms with Crippen molar-refractivity contribution in [2.24, 2.45) is 10.2 Å². The molecule has 0 bridgehead atoms. The number of ether oxygens (including phenoxy) is 3. The Balaban J connectivity index is 1.60. The van der Waals surface area contributed by atoms with Gasteiger partial charge in [-0.3, -0.25) is 4.72 Å². The van der Waals surface area contributed by atoms with Crippen molar-refractivity contribution in [3.63, 3.8) is 0 Å². The molecule has 3 aromatic heterocycles. The lowest BCUT2D eigenvalue weighted by atomic mass is 10.2. The molecule has 0 spiro atoms. The molecule has 0 amide bonds. The normalized spacial score (nSPS) is 11.8. The number of methoxy groups -OCH3 is 2. The zero-order valence-corrected chi connectivity index (χ0v) is 21.5. The van der Waals surface area contributed by atoms with Crippen LogP contribution in [0.5, 0.6) is 23.1 Å². The van der Waals surface area contributed by atoms with Crippen LogP contribution in [-0.2, 0) is 10.0 Å². The van der Waals surface area contributed by atoms with E-state index < -0.39 is 10.0 Å². The predicted octanol–water partition coefficient (Wildman–Crippen LogP) is 4.62. The van der Waals surface area contributed by atoms with Gasteiger partial charge in [0.25, 0.3) is 5.88 Å². The Bertz CT molecular complexity index is 1730. The second kappa shape index (κ2) is 9.85. The Kier molecular flexibility index (Phi) is 6.42. The summed E-state index contributed by atoms with van der Waals surface area (Å²) in [6.45, 7) is 1.74. The Morgan fingerprint density at radius 1 is 1.03 bits per heavy atom. The van der Waals surface area contributed by atoms with Crippen LogP contribution in [-0.4, -0.2) is 53.9 Å². The molecule has 5 rings (SSSR count). The topological polar surface area (TPSA) is 171 Å². The number of rotatable bonds is 9. The average Bonchev–Trinajstić information content (AvgIpc) is 3.56. The summed E-state index contributed by atoms with van der Waals surface area (Å²) in [4.78, 5) is 3.15. The molecule has 0 aliphatic carbocycles. The van der Waals surface area contributed by atoms with Crippen molar-refractivity contribution in [1.82, 2.24) is 25.0 Å². The Labute approximate surface area is 216 Å². The molecule has 0 atom stereocenters. The highest BCUT2D eigenvalue weighted by molar-refractivity contribution is 7.92. The van der Waals surface area contributed by atoms with E-state index in [2.05, 4.69) is 35.3 Å². The highest BCUT2D eigenvalue weighted by Crippen LogP contribution is 2.43. The number of anilines is 1. The van der Waals surface area contributed by atoms with E-state index in [-0.39, 0.29) is 23.1 Å². The third-order valence-corrected chi connectivity index (χ3v) is 5.74. The molecule has 196 valence electrons. The van der Waals surface area contributed by atoms with E-state index in [0.29, 0.717) is 40.0 Å². The third kappa shape index (κ3) is 5.12. The fourth-order valence-electron chi connectivity index (χ4n) is 3.54. The summed E-state index contributed by atoms with van der Waals surface area (Å²) in [6, 6.07) is 13.5. The van der Waals surface area contributed by atoms with Crippen molar-refractivity contribution < 1.29 is 27.2 Å². The Morgan fingerprint density at radius 2 is 1.76 bits per heavy atom. The van der Waals surface area contributed by atoms with Crippen LogP contribution in [0.15, 0.2) is 63.3 Å². The lowest BCUT2D eigenvalue weighted by Gasteiger charge is -2.12. The van der Waals surface area contributed by atoms with Gasteiger partial charge in [0.2, 0.25) is 21.6 Å². The number of aryl methyl sites for hydroxylation is 1. The van der Waals surface area contributed by atoms with E-state index >= 15 is 0 Å². The lowest BCUT2D eigenvalue weighted by molar-refractivity contribution is 0.341. The summed E-state index contributed by atoms with van der Waals surface area (Å²) in [5, 5.41) is 21.2. The summed E-state index contributed by atoms with van der Waals surface area (Å²) in [7, 11) is -0.437. The highest BCUT2D eigenvalue weighted by atomic mass is 32.2. The van der Waals surface area contributed by atoms with Gasteiger partial charge in [-0.25, -0.2) is 8.42 Å². The van der Waals surface area contributed by atoms with Gasteiger partial charge in [-0.05, 0) is 31.2 Å². The van der Waals surface area contributed by atoms with Gasteiger partial charge in [0.1, 0.15) is 5.76 Å². The van der Waals surface area contributed by atoms with Gasteiger partial charge in [-0.1, -0.05) is 23.4 Å². The van der Waals surface area contributed by atoms with E-state index in [1.54, 1.807) is 55.5 Å². The van der Waals surface area contributed by atoms with Crippen molar-refractivity contribution in [2.75, 3.05) is 25.2 Å². The molecule has 5 aromatic rings. The smallest absolute Gasteiger partial charge is 0.271 e. The van der Waals surface area contributed by atoms with Crippen LogP contribution >= 0.6 is 0 Å². The molecule has 0 unspecified atom stereocenters. The molecule has 0 saturated carbocycles. The predicted molar refractivity (Wildman–Crippen MR) is 136 cm³/mol. The maximum absolute atomic E-state index is 11.6. The average molecular weight is 539 g/mol. The van der Waals surface area contributed by atoms with E-state index in [0.717, 1.165) is 6.26 Å². The highest BCUT2D eigenvalue weighted by Gasteiger charge is 2.23. The van der Waals surface area contributed by atoms with Crippen molar-refractivity contribution in [3.05, 3.63) is 54.3 Å². The minimum absolute atomic E-state index is 0.0644. The molecule has 0 saturated heterocycles. The quantitative estimate of drug-likeness (QED) is 0.254. The van der Waals surface area contributed by atoms with Gasteiger partial charge in [-0.15, -0.1) is 25.1 Å². The number of H-pyrrole nitrogens is 1. The Morgan fingerprint density at radius 3 is 2.42 bits per heavy atom. The van der Waals surface area contributed by atoms with Crippen LogP contribution in [0.3, 0.4) is 0 Å². The zero-order chi connectivity index (χ0) is 26.9. The van der Waals surface area contributed by atoms with Crippen LogP contribution in [0, 0.1) is 6.92 Å². The van der Waals surface area contributed by atoms with Crippen molar-refractivity contribution >= 4 is 32.9 Å². The zero-order valence-electron chi connectivity index (χ0n) is 20.7. The first-order chi connectivity index (χ1) is 18.2. The third-order valence-electron chi connectivity index (χ3n) is 5.13. The first-order valence-corrected chi connectivity index (χ1v) is 12.9. The van der Waals surface area contributed by atoms with Gasteiger partial charge < -0.3 is 23.7 Å². The minimum atomic E-state index is -3.45. The number of benzene rings is 2. The van der Waals surface area contributed by atoms with Crippen LogP contribution in [0.1, 0.15) is 5.76 Å². The molecule has 14 nitrogen and oxygen atoms in total. The van der Waals surface area contributed by atoms with E-state index in [1.807, 2.05) is 0 Å². The lowest BCUT2D eigenvalue weighted by Crippen LogP contribution is -2.09. The van der Waals surface area contributed by atoms with Gasteiger partial charge in [0.15, 0.2) is 28.7 Å². The van der Waals surface area contributed by atoms with Gasteiger partial charge in [0, 0.05) is 17.3 Å². The molecular weight excluding hydrogens is 516 g/mol. The molecule has 0 radical (unpaired) electrons. The number of hydrogen-bond acceptors (Lipinski definition) is 11. The summed E-state index contributed by atoms with van der Waals surface area (Å²) in [6.07, 6.45) is 1.08. The first kappa shape index (κ1) is 24.8. The number of para-hydroxylation sites is 1. The van der Waals surface area contributed by atoms with Crippen LogP contribution in [0.4, 0.5) is 17.2 Å². The molecule has 15 heteroatoms. The maximum Gasteiger partial charge on any atom is 0.271 e. The minimum Gasteiger partial charge on any atom is -0.493 e. The fraction of sp³-hybridized carbons (Fsp3) is 0.174. The molecule has 3 heterocycles. The van der Waals surface area contributed by atoms with Gasteiger partial charge in [-0.2, -0.15) is 0 Å². The van der Waals surface area contributed by atoms with E-state index in [4.69, 9.17) is 18.7 Å². The number of aromatic nitrogens is 5. The largest absolute Gasteiger partial charge is 0.493 e. The summed E-state index contributed by atoms with van der Waals surface area (Å²) < 4.78 is 49.0. The number of fused-ring (bicyclic) bond motifs is 1. The van der Waals surface area contributed by atoms with Crippen molar-refractivity contribution in [2.45, 2.75) is 6.92 Å². The Hall–Kier alpha value is -4.92. The SMILES string of the molecule is COc1cccc(OC)c1Oc1nn2nc(-c3cccc(NS(C)(=O)=O)c3)[nH]c2c1N=Nc1cc(C)on1. The van der Waals surface area contributed by atoms with Crippen molar-refractivity contribution in [1.29, 1.82) is 0 Å². The molecule has 38 heavy (non-hydrogen) atoms. The number of sulfonamides is 1. The van der Waals surface area contributed by atoms with Crippen molar-refractivity contribution in [3.8, 4) is 34.5 Å². The molecule has 0 aliphatic heterocycles. The van der Waals surface area contributed by atoms with E-state index in [1.165, 1.54) is 18.8 Å². The molecule has 0 aliphatic rings. The van der Waals surface area contributed by atoms with Gasteiger partial charge >= 0.3 is 0 Å². The number of aromatic amines is 1. The first-order valence-electron chi connectivity index (χ1n) is 11.0. The number of azo groups is 1. The van der Waals surface area contributed by atoms with Crippen LogP contribution < -0.4 is 18.9 Å². The molecule has 0 fully saturated rings. The molecule has 2 N–H and O–H groups in total. The standard InChI is InChI=1S/C23H22N8O6S/c1-13-11-18(29-37-13)25-26-19-22-24-21(14-7-5-8-15(12-14)30-38(4,32)33)27-31(22)28-23(19)36-20-16(34-2)9-6-10-17(20)35-3/h5-12,30H,1-4H3,(H,24,27). The second-order valence-corrected chi connectivity index (χ2v) is 9.76.